The first-order chi connectivity index (χ1) is 10.1. The molecule has 4 heteroatoms. The number of furan rings is 1. The second-order valence-electron chi connectivity index (χ2n) is 7.19. The fourth-order valence-electron chi connectivity index (χ4n) is 5.01. The van der Waals surface area contributed by atoms with Gasteiger partial charge < -0.3 is 14.8 Å². The van der Waals surface area contributed by atoms with Crippen LogP contribution >= 0.6 is 0 Å². The minimum atomic E-state index is -0.648. The molecule has 0 radical (unpaired) electrons. The Bertz CT molecular complexity index is 510. The monoisotopic (exact) mass is 289 g/mol. The number of aliphatic hydroxyl groups excluding tert-OH is 1. The van der Waals surface area contributed by atoms with Gasteiger partial charge in [-0.15, -0.1) is 0 Å². The summed E-state index contributed by atoms with van der Waals surface area (Å²) in [7, 11) is 0. The average Bonchev–Trinajstić information content (AvgIpc) is 2.89. The highest BCUT2D eigenvalue weighted by Crippen LogP contribution is 2.69. The predicted octanol–water partition coefficient (Wildman–Crippen LogP) is 2.50. The molecular formula is C17H23NO3. The number of carbonyl (C=O) groups excluding carboxylic acids is 1. The summed E-state index contributed by atoms with van der Waals surface area (Å²) in [4.78, 5) is 12.4. The van der Waals surface area contributed by atoms with E-state index in [0.717, 1.165) is 11.8 Å². The molecule has 1 aromatic rings. The van der Waals surface area contributed by atoms with E-state index in [9.17, 15) is 9.90 Å². The summed E-state index contributed by atoms with van der Waals surface area (Å²) in [5.41, 5.74) is 0. The third kappa shape index (κ3) is 2.20. The number of nitrogens with one attached hydrogen (secondary N) is 1. The Labute approximate surface area is 124 Å². The molecule has 3 aliphatic rings. The quantitative estimate of drug-likeness (QED) is 0.875. The maximum absolute atomic E-state index is 12.4. The molecule has 2 bridgehead atoms. The van der Waals surface area contributed by atoms with Crippen LogP contribution in [0.1, 0.15) is 44.5 Å². The predicted molar refractivity (Wildman–Crippen MR) is 77.2 cm³/mol. The van der Waals surface area contributed by atoms with Gasteiger partial charge in [-0.25, -0.2) is 0 Å². The van der Waals surface area contributed by atoms with E-state index in [-0.39, 0.29) is 17.9 Å². The number of hydrogen-bond donors (Lipinski definition) is 2. The van der Waals surface area contributed by atoms with E-state index in [4.69, 9.17) is 4.42 Å². The van der Waals surface area contributed by atoms with Gasteiger partial charge in [-0.05, 0) is 62.0 Å². The number of fused-ring (bicyclic) bond motifs is 5. The normalized spacial score (nSPS) is 38.9. The Balaban J connectivity index is 1.29. The van der Waals surface area contributed by atoms with Crippen molar-refractivity contribution in [1.29, 1.82) is 0 Å². The number of amides is 1. The standard InChI is InChI=1S/C17H23NO3/c1-9(7-12(19)13-3-2-6-21-13)18-17(20)16-14-10-4-5-11(8-10)15(14)16/h2-3,6,9-12,14-16,19H,4-5,7-8H2,1H3,(H,18,20). The smallest absolute Gasteiger partial charge is 0.223 e. The van der Waals surface area contributed by atoms with Crippen molar-refractivity contribution in [1.82, 2.24) is 5.32 Å². The minimum Gasteiger partial charge on any atom is -0.467 e. The Kier molecular flexibility index (Phi) is 3.10. The van der Waals surface area contributed by atoms with Gasteiger partial charge in [0, 0.05) is 18.4 Å². The van der Waals surface area contributed by atoms with Crippen LogP contribution in [0.4, 0.5) is 0 Å². The van der Waals surface area contributed by atoms with Gasteiger partial charge in [0.1, 0.15) is 11.9 Å². The van der Waals surface area contributed by atoms with Gasteiger partial charge in [-0.2, -0.15) is 0 Å². The van der Waals surface area contributed by atoms with E-state index in [2.05, 4.69) is 5.32 Å². The van der Waals surface area contributed by atoms with Gasteiger partial charge >= 0.3 is 0 Å². The van der Waals surface area contributed by atoms with E-state index in [1.807, 2.05) is 6.92 Å². The minimum absolute atomic E-state index is 0.0309. The molecule has 3 saturated carbocycles. The Hall–Kier alpha value is -1.29. The Morgan fingerprint density at radius 3 is 2.76 bits per heavy atom. The second-order valence-corrected chi connectivity index (χ2v) is 7.19. The van der Waals surface area contributed by atoms with Crippen LogP contribution in [-0.2, 0) is 4.79 Å². The highest BCUT2D eigenvalue weighted by Gasteiger charge is 2.67. The summed E-state index contributed by atoms with van der Waals surface area (Å²) in [5, 5.41) is 13.1. The topological polar surface area (TPSA) is 62.5 Å². The first-order valence-corrected chi connectivity index (χ1v) is 8.17. The van der Waals surface area contributed by atoms with Gasteiger partial charge in [0.2, 0.25) is 5.91 Å². The molecule has 4 nitrogen and oxygen atoms in total. The van der Waals surface area contributed by atoms with Gasteiger partial charge in [0.25, 0.3) is 0 Å². The summed E-state index contributed by atoms with van der Waals surface area (Å²) in [6, 6.07) is 3.50. The van der Waals surface area contributed by atoms with Crippen LogP contribution < -0.4 is 5.32 Å². The van der Waals surface area contributed by atoms with Crippen molar-refractivity contribution in [2.75, 3.05) is 0 Å². The molecule has 0 spiro atoms. The molecule has 0 aromatic carbocycles. The highest BCUT2D eigenvalue weighted by atomic mass is 16.4. The maximum Gasteiger partial charge on any atom is 0.223 e. The third-order valence-electron chi connectivity index (χ3n) is 5.88. The zero-order valence-electron chi connectivity index (χ0n) is 12.4. The molecule has 0 aliphatic heterocycles. The van der Waals surface area contributed by atoms with Crippen LogP contribution in [0.3, 0.4) is 0 Å². The van der Waals surface area contributed by atoms with E-state index in [0.29, 0.717) is 24.0 Å². The Morgan fingerprint density at radius 2 is 2.14 bits per heavy atom. The molecule has 2 N–H and O–H groups in total. The van der Waals surface area contributed by atoms with Gasteiger partial charge in [0.15, 0.2) is 0 Å². The van der Waals surface area contributed by atoms with Crippen LogP contribution in [-0.4, -0.2) is 17.1 Å². The first-order valence-electron chi connectivity index (χ1n) is 8.17. The fraction of sp³-hybridized carbons (Fsp3) is 0.706. The van der Waals surface area contributed by atoms with Crippen molar-refractivity contribution >= 4 is 5.91 Å². The number of rotatable bonds is 5. The first kappa shape index (κ1) is 13.4. The molecule has 3 aliphatic carbocycles. The van der Waals surface area contributed by atoms with Gasteiger partial charge in [-0.1, -0.05) is 0 Å². The third-order valence-corrected chi connectivity index (χ3v) is 5.88. The Morgan fingerprint density at radius 1 is 1.43 bits per heavy atom. The van der Waals surface area contributed by atoms with E-state index < -0.39 is 6.10 Å². The summed E-state index contributed by atoms with van der Waals surface area (Å²) >= 11 is 0. The van der Waals surface area contributed by atoms with Crippen molar-refractivity contribution in [2.24, 2.45) is 29.6 Å². The lowest BCUT2D eigenvalue weighted by Crippen LogP contribution is -2.36. The van der Waals surface area contributed by atoms with Crippen LogP contribution in [0, 0.1) is 29.6 Å². The van der Waals surface area contributed by atoms with E-state index in [1.165, 1.54) is 19.3 Å². The molecule has 6 unspecified atom stereocenters. The molecule has 114 valence electrons. The van der Waals surface area contributed by atoms with Crippen molar-refractivity contribution in [3.63, 3.8) is 0 Å². The van der Waals surface area contributed by atoms with Crippen LogP contribution in [0.25, 0.3) is 0 Å². The molecule has 1 aromatic heterocycles. The zero-order valence-corrected chi connectivity index (χ0v) is 12.4. The fourth-order valence-corrected chi connectivity index (χ4v) is 5.01. The molecule has 4 rings (SSSR count). The summed E-state index contributed by atoms with van der Waals surface area (Å²) in [5.74, 6) is 4.02. The molecule has 6 atom stereocenters. The maximum atomic E-state index is 12.4. The lowest BCUT2D eigenvalue weighted by atomic mass is 10.0. The average molecular weight is 289 g/mol. The van der Waals surface area contributed by atoms with E-state index >= 15 is 0 Å². The van der Waals surface area contributed by atoms with Crippen LogP contribution in [0.15, 0.2) is 22.8 Å². The van der Waals surface area contributed by atoms with Gasteiger partial charge in [0.05, 0.1) is 6.26 Å². The zero-order chi connectivity index (χ0) is 14.6. The summed E-state index contributed by atoms with van der Waals surface area (Å²) in [6.45, 7) is 1.96. The molecule has 0 saturated heterocycles. The number of aliphatic hydroxyl groups is 1. The molecular weight excluding hydrogens is 266 g/mol. The number of hydrogen-bond acceptors (Lipinski definition) is 3. The van der Waals surface area contributed by atoms with Crippen molar-refractivity contribution < 1.29 is 14.3 Å². The van der Waals surface area contributed by atoms with Crippen molar-refractivity contribution in [3.8, 4) is 0 Å². The molecule has 21 heavy (non-hydrogen) atoms. The lowest BCUT2D eigenvalue weighted by Gasteiger charge is -2.18. The van der Waals surface area contributed by atoms with Crippen LogP contribution in [0.5, 0.6) is 0 Å². The lowest BCUT2D eigenvalue weighted by molar-refractivity contribution is -0.124. The summed E-state index contributed by atoms with van der Waals surface area (Å²) < 4.78 is 5.20. The second kappa shape index (κ2) is 4.87. The van der Waals surface area contributed by atoms with Crippen molar-refractivity contribution in [2.45, 2.75) is 44.8 Å². The molecule has 1 heterocycles. The molecule has 3 fully saturated rings. The van der Waals surface area contributed by atoms with Crippen LogP contribution in [0.2, 0.25) is 0 Å². The van der Waals surface area contributed by atoms with Crippen molar-refractivity contribution in [3.05, 3.63) is 24.2 Å². The molecule has 1 amide bonds. The van der Waals surface area contributed by atoms with E-state index in [1.54, 1.807) is 18.4 Å². The summed E-state index contributed by atoms with van der Waals surface area (Å²) in [6.07, 6.45) is 5.44. The van der Waals surface area contributed by atoms with Gasteiger partial charge in [-0.3, -0.25) is 4.79 Å². The highest BCUT2D eigenvalue weighted by molar-refractivity contribution is 5.83. The number of carbonyl (C=O) groups is 1. The SMILES string of the molecule is CC(CC(O)c1ccco1)NC(=O)C1C2C3CCC(C3)C12. The largest absolute Gasteiger partial charge is 0.467 e.